The number of nitrogens with one attached hydrogen (secondary N) is 2. The Morgan fingerprint density at radius 1 is 1.04 bits per heavy atom. The number of carbonyl (C=O) groups excluding carboxylic acids is 2. The number of para-hydroxylation sites is 1. The van der Waals surface area contributed by atoms with Crippen LogP contribution >= 0.6 is 0 Å². The van der Waals surface area contributed by atoms with Crippen molar-refractivity contribution in [1.29, 1.82) is 0 Å². The number of nitrogens with zero attached hydrogens (tertiary/aromatic N) is 1. The van der Waals surface area contributed by atoms with Gasteiger partial charge in [0.25, 0.3) is 5.91 Å². The van der Waals surface area contributed by atoms with Gasteiger partial charge in [0.15, 0.2) is 0 Å². The zero-order valence-corrected chi connectivity index (χ0v) is 16.2. The fourth-order valence-corrected chi connectivity index (χ4v) is 3.33. The molecule has 0 aromatic heterocycles. The van der Waals surface area contributed by atoms with E-state index in [1.165, 1.54) is 38.6 Å². The smallest absolute Gasteiger partial charge is 0.255 e. The number of carbonyl (C=O) groups is 2. The summed E-state index contributed by atoms with van der Waals surface area (Å²) >= 11 is 0. The highest BCUT2D eigenvalue weighted by Crippen LogP contribution is 2.17. The van der Waals surface area contributed by atoms with E-state index in [4.69, 9.17) is 4.74 Å². The second-order valence-corrected chi connectivity index (χ2v) is 6.93. The molecule has 0 aliphatic carbocycles. The summed E-state index contributed by atoms with van der Waals surface area (Å²) < 4.78 is 5.18. The molecule has 3 rings (SSSR count). The molecule has 0 saturated carbocycles. The van der Waals surface area contributed by atoms with Gasteiger partial charge in [-0.2, -0.15) is 0 Å². The third-order valence-electron chi connectivity index (χ3n) is 4.83. The van der Waals surface area contributed by atoms with E-state index in [1.54, 1.807) is 24.3 Å². The van der Waals surface area contributed by atoms with Crippen LogP contribution in [0.1, 0.15) is 35.2 Å². The quantitative estimate of drug-likeness (QED) is 0.737. The van der Waals surface area contributed by atoms with Gasteiger partial charge in [0.2, 0.25) is 5.91 Å². The predicted molar refractivity (Wildman–Crippen MR) is 110 cm³/mol. The minimum Gasteiger partial charge on any atom is -0.496 e. The molecule has 0 radical (unpaired) electrons. The van der Waals surface area contributed by atoms with E-state index in [9.17, 15) is 9.59 Å². The van der Waals surface area contributed by atoms with Gasteiger partial charge in [-0.15, -0.1) is 0 Å². The van der Waals surface area contributed by atoms with Crippen LogP contribution in [0.4, 0.5) is 5.69 Å². The molecule has 2 aromatic rings. The molecule has 0 bridgehead atoms. The number of methoxy groups -OCH3 is 1. The first-order valence-electron chi connectivity index (χ1n) is 9.68. The van der Waals surface area contributed by atoms with Crippen LogP contribution in [0.15, 0.2) is 48.5 Å². The third-order valence-corrected chi connectivity index (χ3v) is 4.83. The topological polar surface area (TPSA) is 70.7 Å². The first kappa shape index (κ1) is 19.9. The lowest BCUT2D eigenvalue weighted by Gasteiger charge is -2.14. The Balaban J connectivity index is 1.42. The highest BCUT2D eigenvalue weighted by Gasteiger charge is 2.13. The van der Waals surface area contributed by atoms with Crippen molar-refractivity contribution in [3.8, 4) is 5.75 Å². The maximum atomic E-state index is 12.2. The molecule has 28 heavy (non-hydrogen) atoms. The second kappa shape index (κ2) is 9.90. The van der Waals surface area contributed by atoms with Crippen LogP contribution in [0.2, 0.25) is 0 Å². The highest BCUT2D eigenvalue weighted by atomic mass is 16.5. The number of rotatable bonds is 8. The summed E-state index contributed by atoms with van der Waals surface area (Å²) in [6.07, 6.45) is 2.76. The molecule has 2 amide bonds. The number of likely N-dealkylation sites (tertiary alicyclic amines) is 1. The predicted octanol–water partition coefficient (Wildman–Crippen LogP) is 3.05. The molecule has 1 aliphatic heterocycles. The molecular weight excluding hydrogens is 354 g/mol. The zero-order valence-electron chi connectivity index (χ0n) is 16.2. The van der Waals surface area contributed by atoms with E-state index in [1.807, 2.05) is 12.1 Å². The summed E-state index contributed by atoms with van der Waals surface area (Å²) in [5, 5.41) is 5.62. The summed E-state index contributed by atoms with van der Waals surface area (Å²) in [5.74, 6) is 0.127. The molecule has 1 fully saturated rings. The monoisotopic (exact) mass is 381 g/mol. The molecule has 2 aromatic carbocycles. The molecule has 1 heterocycles. The molecule has 0 unspecified atom stereocenters. The van der Waals surface area contributed by atoms with Crippen LogP contribution in [0.25, 0.3) is 0 Å². The summed E-state index contributed by atoms with van der Waals surface area (Å²) in [6, 6.07) is 15.0. The van der Waals surface area contributed by atoms with Gasteiger partial charge in [-0.05, 0) is 55.8 Å². The standard InChI is InChI=1S/C22H27N3O3/c1-28-20-7-3-2-6-19(20)22(27)23-13-12-21(26)24-18-10-8-17(9-11-18)16-25-14-4-5-15-25/h2-3,6-11H,4-5,12-16H2,1H3,(H,23,27)(H,24,26). The fourth-order valence-electron chi connectivity index (χ4n) is 3.33. The van der Waals surface area contributed by atoms with Crippen molar-refractivity contribution in [2.24, 2.45) is 0 Å². The SMILES string of the molecule is COc1ccccc1C(=O)NCCC(=O)Nc1ccc(CN2CCCC2)cc1. The summed E-state index contributed by atoms with van der Waals surface area (Å²) in [5.41, 5.74) is 2.48. The van der Waals surface area contributed by atoms with E-state index < -0.39 is 0 Å². The van der Waals surface area contributed by atoms with Gasteiger partial charge in [0, 0.05) is 25.2 Å². The number of anilines is 1. The first-order valence-corrected chi connectivity index (χ1v) is 9.68. The van der Waals surface area contributed by atoms with Gasteiger partial charge in [0.05, 0.1) is 12.7 Å². The lowest BCUT2D eigenvalue weighted by atomic mass is 10.2. The molecule has 6 nitrogen and oxygen atoms in total. The minimum atomic E-state index is -0.253. The normalized spacial score (nSPS) is 13.9. The van der Waals surface area contributed by atoms with Gasteiger partial charge in [-0.25, -0.2) is 0 Å². The van der Waals surface area contributed by atoms with Crippen LogP contribution in [0, 0.1) is 0 Å². The molecule has 2 N–H and O–H groups in total. The zero-order chi connectivity index (χ0) is 19.8. The van der Waals surface area contributed by atoms with Crippen molar-refractivity contribution in [3.63, 3.8) is 0 Å². The number of amides is 2. The Hall–Kier alpha value is -2.86. The Morgan fingerprint density at radius 2 is 1.75 bits per heavy atom. The second-order valence-electron chi connectivity index (χ2n) is 6.93. The lowest BCUT2D eigenvalue weighted by Crippen LogP contribution is -2.28. The Labute approximate surface area is 165 Å². The van der Waals surface area contributed by atoms with Crippen LogP contribution in [-0.4, -0.2) is 43.5 Å². The summed E-state index contributed by atoms with van der Waals surface area (Å²) in [4.78, 5) is 26.8. The lowest BCUT2D eigenvalue weighted by molar-refractivity contribution is -0.116. The van der Waals surface area contributed by atoms with E-state index in [2.05, 4.69) is 27.7 Å². The van der Waals surface area contributed by atoms with Gasteiger partial charge in [0.1, 0.15) is 5.75 Å². The minimum absolute atomic E-state index is 0.132. The van der Waals surface area contributed by atoms with Crippen LogP contribution in [-0.2, 0) is 11.3 Å². The number of hydrogen-bond donors (Lipinski definition) is 2. The van der Waals surface area contributed by atoms with Crippen LogP contribution < -0.4 is 15.4 Å². The van der Waals surface area contributed by atoms with Gasteiger partial charge >= 0.3 is 0 Å². The number of hydrogen-bond acceptors (Lipinski definition) is 4. The molecule has 1 saturated heterocycles. The van der Waals surface area contributed by atoms with Crippen LogP contribution in [0.5, 0.6) is 5.75 Å². The fraction of sp³-hybridized carbons (Fsp3) is 0.364. The third kappa shape index (κ3) is 5.57. The summed E-state index contributed by atoms with van der Waals surface area (Å²) in [6.45, 7) is 3.55. The van der Waals surface area contributed by atoms with Gasteiger partial charge in [-0.3, -0.25) is 14.5 Å². The highest BCUT2D eigenvalue weighted by molar-refractivity contribution is 5.97. The van der Waals surface area contributed by atoms with Crippen molar-refractivity contribution in [1.82, 2.24) is 10.2 Å². The molecule has 1 aliphatic rings. The first-order chi connectivity index (χ1) is 13.7. The Bertz CT molecular complexity index is 799. The maximum absolute atomic E-state index is 12.2. The average Bonchev–Trinajstić information content (AvgIpc) is 3.22. The largest absolute Gasteiger partial charge is 0.496 e. The number of benzene rings is 2. The van der Waals surface area contributed by atoms with Crippen molar-refractivity contribution in [2.75, 3.05) is 32.1 Å². The van der Waals surface area contributed by atoms with Crippen molar-refractivity contribution < 1.29 is 14.3 Å². The van der Waals surface area contributed by atoms with Crippen molar-refractivity contribution in [3.05, 3.63) is 59.7 Å². The van der Waals surface area contributed by atoms with E-state index in [0.29, 0.717) is 11.3 Å². The Kier molecular flexibility index (Phi) is 7.03. The van der Waals surface area contributed by atoms with Crippen LogP contribution in [0.3, 0.4) is 0 Å². The van der Waals surface area contributed by atoms with E-state index in [0.717, 1.165) is 12.2 Å². The maximum Gasteiger partial charge on any atom is 0.255 e. The molecule has 6 heteroatoms. The molecule has 0 atom stereocenters. The van der Waals surface area contributed by atoms with Gasteiger partial charge in [-0.1, -0.05) is 24.3 Å². The Morgan fingerprint density at radius 3 is 2.46 bits per heavy atom. The van der Waals surface area contributed by atoms with Crippen molar-refractivity contribution >= 4 is 17.5 Å². The van der Waals surface area contributed by atoms with Crippen molar-refractivity contribution in [2.45, 2.75) is 25.8 Å². The molecular formula is C22H27N3O3. The average molecular weight is 381 g/mol. The van der Waals surface area contributed by atoms with Gasteiger partial charge < -0.3 is 15.4 Å². The molecule has 148 valence electrons. The van der Waals surface area contributed by atoms with E-state index in [-0.39, 0.29) is 24.8 Å². The number of ether oxygens (including phenoxy) is 1. The van der Waals surface area contributed by atoms with E-state index >= 15 is 0 Å². The summed E-state index contributed by atoms with van der Waals surface area (Å²) in [7, 11) is 1.52. The molecule has 0 spiro atoms.